The van der Waals surface area contributed by atoms with Gasteiger partial charge in [0, 0.05) is 6.04 Å². The molecule has 2 aliphatic heterocycles. The summed E-state index contributed by atoms with van der Waals surface area (Å²) in [4.78, 5) is 0. The van der Waals surface area contributed by atoms with Gasteiger partial charge in [-0.3, -0.25) is 0 Å². The Labute approximate surface area is 88.4 Å². The summed E-state index contributed by atoms with van der Waals surface area (Å²) in [6, 6.07) is 5.39. The van der Waals surface area contributed by atoms with Gasteiger partial charge in [-0.25, -0.2) is 4.39 Å². The van der Waals surface area contributed by atoms with Gasteiger partial charge < -0.3 is 10.1 Å². The lowest BCUT2D eigenvalue weighted by atomic mass is 9.99. The van der Waals surface area contributed by atoms with Gasteiger partial charge in [-0.05, 0) is 42.6 Å². The van der Waals surface area contributed by atoms with Crippen molar-refractivity contribution in [1.29, 1.82) is 0 Å². The molecular weight excluding hydrogens is 193 g/mol. The minimum Gasteiger partial charge on any atom is -0.367 e. The first-order valence-electron chi connectivity index (χ1n) is 5.48. The van der Waals surface area contributed by atoms with Gasteiger partial charge in [0.2, 0.25) is 0 Å². The van der Waals surface area contributed by atoms with Gasteiger partial charge >= 0.3 is 0 Å². The van der Waals surface area contributed by atoms with Crippen LogP contribution in [0.3, 0.4) is 0 Å². The van der Waals surface area contributed by atoms with Crippen molar-refractivity contribution in [2.45, 2.75) is 31.6 Å². The summed E-state index contributed by atoms with van der Waals surface area (Å²) in [5.41, 5.74) is 2.17. The van der Waals surface area contributed by atoms with Crippen molar-refractivity contribution < 1.29 is 9.13 Å². The maximum absolute atomic E-state index is 13.0. The van der Waals surface area contributed by atoms with Crippen LogP contribution in [0.2, 0.25) is 0 Å². The molecule has 2 heterocycles. The Morgan fingerprint density at radius 1 is 1.40 bits per heavy atom. The van der Waals surface area contributed by atoms with Crippen molar-refractivity contribution in [3.63, 3.8) is 0 Å². The lowest BCUT2D eigenvalue weighted by Gasteiger charge is -2.18. The van der Waals surface area contributed by atoms with E-state index in [4.69, 9.17) is 4.74 Å². The first-order valence-corrected chi connectivity index (χ1v) is 5.48. The normalized spacial score (nSPS) is 29.4. The minimum absolute atomic E-state index is 0.128. The van der Waals surface area contributed by atoms with E-state index in [9.17, 15) is 4.39 Å². The number of halogens is 1. The van der Waals surface area contributed by atoms with Crippen LogP contribution >= 0.6 is 0 Å². The van der Waals surface area contributed by atoms with Crippen molar-refractivity contribution >= 4 is 0 Å². The van der Waals surface area contributed by atoms with Gasteiger partial charge in [-0.15, -0.1) is 0 Å². The number of ether oxygens (including phenoxy) is 1. The van der Waals surface area contributed by atoms with Gasteiger partial charge in [0.25, 0.3) is 0 Å². The highest BCUT2D eigenvalue weighted by Gasteiger charge is 2.32. The van der Waals surface area contributed by atoms with Crippen LogP contribution in [0.25, 0.3) is 0 Å². The average Bonchev–Trinajstić information content (AvgIpc) is 2.82. The van der Waals surface area contributed by atoms with Crippen molar-refractivity contribution in [3.8, 4) is 0 Å². The minimum atomic E-state index is -0.169. The van der Waals surface area contributed by atoms with E-state index in [1.54, 1.807) is 6.07 Å². The van der Waals surface area contributed by atoms with E-state index in [0.29, 0.717) is 12.6 Å². The smallest absolute Gasteiger partial charge is 0.123 e. The van der Waals surface area contributed by atoms with Crippen LogP contribution in [-0.2, 0) is 11.3 Å². The molecular formula is C12H14FNO. The quantitative estimate of drug-likeness (QED) is 0.761. The maximum atomic E-state index is 13.0. The van der Waals surface area contributed by atoms with Gasteiger partial charge in [-0.2, -0.15) is 0 Å². The van der Waals surface area contributed by atoms with Crippen LogP contribution in [-0.4, -0.2) is 12.6 Å². The largest absolute Gasteiger partial charge is 0.367 e. The van der Waals surface area contributed by atoms with Crippen LogP contribution in [0.5, 0.6) is 0 Å². The van der Waals surface area contributed by atoms with Gasteiger partial charge in [0.15, 0.2) is 0 Å². The molecule has 0 unspecified atom stereocenters. The van der Waals surface area contributed by atoms with Gasteiger partial charge in [-0.1, -0.05) is 6.07 Å². The van der Waals surface area contributed by atoms with Crippen LogP contribution < -0.4 is 5.32 Å². The number of hydrogen-bond donors (Lipinski definition) is 1. The first-order chi connectivity index (χ1) is 7.34. The third kappa shape index (κ3) is 1.56. The molecule has 0 radical (unpaired) electrons. The number of rotatable bonds is 1. The Morgan fingerprint density at radius 2 is 2.33 bits per heavy atom. The summed E-state index contributed by atoms with van der Waals surface area (Å²) in [6.07, 6.45) is 2.49. The lowest BCUT2D eigenvalue weighted by molar-refractivity contribution is 0.0426. The van der Waals surface area contributed by atoms with Crippen LogP contribution in [0.4, 0.5) is 4.39 Å². The molecule has 0 bridgehead atoms. The Hall–Kier alpha value is -0.930. The standard InChI is InChI=1S/C12H14FNO/c13-9-3-4-10-8(6-9)7-15-12(10)11-2-1-5-14-11/h3-4,6,11-12,14H,1-2,5,7H2/t11-,12-/m0/s1. The average molecular weight is 207 g/mol. The monoisotopic (exact) mass is 207 g/mol. The van der Waals surface area contributed by atoms with Gasteiger partial charge in [0.1, 0.15) is 5.82 Å². The van der Waals surface area contributed by atoms with E-state index in [1.165, 1.54) is 12.5 Å². The number of benzene rings is 1. The Balaban J connectivity index is 1.90. The fraction of sp³-hybridized carbons (Fsp3) is 0.500. The zero-order valence-corrected chi connectivity index (χ0v) is 8.50. The topological polar surface area (TPSA) is 21.3 Å². The first kappa shape index (κ1) is 9.31. The molecule has 80 valence electrons. The second kappa shape index (κ2) is 3.58. The summed E-state index contributed by atoms with van der Waals surface area (Å²) in [7, 11) is 0. The highest BCUT2D eigenvalue weighted by Crippen LogP contribution is 2.35. The molecule has 0 spiro atoms. The third-order valence-corrected chi connectivity index (χ3v) is 3.29. The Bertz CT molecular complexity index is 374. The zero-order valence-electron chi connectivity index (χ0n) is 8.50. The summed E-state index contributed by atoms with van der Waals surface area (Å²) in [6.45, 7) is 1.62. The van der Waals surface area contributed by atoms with E-state index in [0.717, 1.165) is 24.1 Å². The second-order valence-electron chi connectivity index (χ2n) is 4.28. The van der Waals surface area contributed by atoms with Crippen LogP contribution in [0, 0.1) is 5.82 Å². The Kier molecular flexibility index (Phi) is 2.22. The van der Waals surface area contributed by atoms with Crippen molar-refractivity contribution in [2.24, 2.45) is 0 Å². The lowest BCUT2D eigenvalue weighted by Crippen LogP contribution is -2.28. The molecule has 1 aromatic rings. The van der Waals surface area contributed by atoms with Crippen LogP contribution in [0.1, 0.15) is 30.1 Å². The summed E-state index contributed by atoms with van der Waals surface area (Å²) in [5.74, 6) is -0.169. The molecule has 3 heteroatoms. The highest BCUT2D eigenvalue weighted by molar-refractivity contribution is 5.33. The molecule has 1 fully saturated rings. The molecule has 1 aromatic carbocycles. The molecule has 1 N–H and O–H groups in total. The Morgan fingerprint density at radius 3 is 3.13 bits per heavy atom. The van der Waals surface area contributed by atoms with Crippen molar-refractivity contribution in [1.82, 2.24) is 5.32 Å². The molecule has 3 rings (SSSR count). The summed E-state index contributed by atoms with van der Waals surface area (Å²) in [5, 5.41) is 3.44. The molecule has 15 heavy (non-hydrogen) atoms. The van der Waals surface area contributed by atoms with E-state index in [-0.39, 0.29) is 11.9 Å². The van der Waals surface area contributed by atoms with Crippen molar-refractivity contribution in [3.05, 3.63) is 35.1 Å². The molecule has 0 aromatic heterocycles. The second-order valence-corrected chi connectivity index (χ2v) is 4.28. The summed E-state index contributed by atoms with van der Waals surface area (Å²) < 4.78 is 18.7. The number of fused-ring (bicyclic) bond motifs is 1. The highest BCUT2D eigenvalue weighted by atomic mass is 19.1. The predicted octanol–water partition coefficient (Wildman–Crippen LogP) is 2.15. The molecule has 0 saturated carbocycles. The van der Waals surface area contributed by atoms with E-state index >= 15 is 0 Å². The van der Waals surface area contributed by atoms with E-state index in [1.807, 2.05) is 6.07 Å². The molecule has 2 aliphatic rings. The maximum Gasteiger partial charge on any atom is 0.123 e. The fourth-order valence-corrected chi connectivity index (χ4v) is 2.55. The molecule has 1 saturated heterocycles. The number of nitrogens with one attached hydrogen (secondary N) is 1. The van der Waals surface area contributed by atoms with Gasteiger partial charge in [0.05, 0.1) is 12.7 Å². The third-order valence-electron chi connectivity index (χ3n) is 3.29. The SMILES string of the molecule is Fc1ccc2c(c1)CO[C@@H]2[C@@H]1CCCN1. The summed E-state index contributed by atoms with van der Waals surface area (Å²) >= 11 is 0. The molecule has 0 amide bonds. The van der Waals surface area contributed by atoms with E-state index in [2.05, 4.69) is 5.32 Å². The van der Waals surface area contributed by atoms with Crippen molar-refractivity contribution in [2.75, 3.05) is 6.54 Å². The molecule has 0 aliphatic carbocycles. The number of hydrogen-bond acceptors (Lipinski definition) is 2. The predicted molar refractivity (Wildman–Crippen MR) is 55.0 cm³/mol. The molecule has 2 nitrogen and oxygen atoms in total. The fourth-order valence-electron chi connectivity index (χ4n) is 2.55. The van der Waals surface area contributed by atoms with Crippen LogP contribution in [0.15, 0.2) is 18.2 Å². The zero-order chi connectivity index (χ0) is 10.3. The van der Waals surface area contributed by atoms with E-state index < -0.39 is 0 Å². The molecule has 2 atom stereocenters.